The Hall–Kier alpha value is -3.52. The number of amides is 1. The molecule has 1 aromatic carbocycles. The van der Waals surface area contributed by atoms with E-state index >= 15 is 0 Å². The van der Waals surface area contributed by atoms with Gasteiger partial charge in [-0.1, -0.05) is 17.3 Å². The van der Waals surface area contributed by atoms with Crippen molar-refractivity contribution in [3.8, 4) is 11.3 Å². The van der Waals surface area contributed by atoms with Crippen molar-refractivity contribution >= 4 is 17.0 Å². The zero-order valence-corrected chi connectivity index (χ0v) is 19.4. The van der Waals surface area contributed by atoms with Crippen molar-refractivity contribution in [2.75, 3.05) is 19.8 Å². The van der Waals surface area contributed by atoms with Gasteiger partial charge in [0, 0.05) is 30.7 Å². The van der Waals surface area contributed by atoms with Crippen LogP contribution in [0.3, 0.4) is 0 Å². The molecule has 34 heavy (non-hydrogen) atoms. The summed E-state index contributed by atoms with van der Waals surface area (Å²) in [7, 11) is 0. The maximum absolute atomic E-state index is 13.6. The van der Waals surface area contributed by atoms with E-state index in [0.29, 0.717) is 53.6 Å². The Morgan fingerprint density at radius 1 is 1.12 bits per heavy atom. The van der Waals surface area contributed by atoms with Crippen LogP contribution in [0.15, 0.2) is 45.3 Å². The van der Waals surface area contributed by atoms with Crippen molar-refractivity contribution in [3.63, 3.8) is 0 Å². The minimum Gasteiger partial charge on any atom is -0.466 e. The third-order valence-corrected chi connectivity index (χ3v) is 6.67. The van der Waals surface area contributed by atoms with Crippen molar-refractivity contribution < 1.29 is 22.9 Å². The highest BCUT2D eigenvalue weighted by molar-refractivity contribution is 6.07. The van der Waals surface area contributed by atoms with Gasteiger partial charge >= 0.3 is 0 Å². The quantitative estimate of drug-likeness (QED) is 0.447. The van der Waals surface area contributed by atoms with Gasteiger partial charge in [0.1, 0.15) is 17.3 Å². The van der Waals surface area contributed by atoms with Gasteiger partial charge < -0.3 is 19.0 Å². The van der Waals surface area contributed by atoms with Gasteiger partial charge in [0.2, 0.25) is 0 Å². The summed E-state index contributed by atoms with van der Waals surface area (Å²) in [5.74, 6) is 0.944. The number of carbonyl (C=O) groups excluding carboxylic acids is 1. The molecule has 0 saturated carbocycles. The molecule has 7 nitrogen and oxygen atoms in total. The van der Waals surface area contributed by atoms with Crippen LogP contribution in [0.4, 0.5) is 4.39 Å². The molecular weight excluding hydrogens is 437 g/mol. The number of furan rings is 1. The van der Waals surface area contributed by atoms with Crippen LogP contribution < -0.4 is 5.32 Å². The lowest BCUT2D eigenvalue weighted by atomic mass is 9.74. The number of hydrogen-bond acceptors (Lipinski definition) is 6. The van der Waals surface area contributed by atoms with E-state index in [2.05, 4.69) is 15.5 Å². The zero-order valence-electron chi connectivity index (χ0n) is 19.4. The van der Waals surface area contributed by atoms with E-state index in [-0.39, 0.29) is 17.1 Å². The van der Waals surface area contributed by atoms with Crippen LogP contribution in [0, 0.1) is 26.6 Å². The van der Waals surface area contributed by atoms with Gasteiger partial charge in [0.05, 0.1) is 22.3 Å². The Morgan fingerprint density at radius 3 is 2.53 bits per heavy atom. The Bertz CT molecular complexity index is 1350. The van der Waals surface area contributed by atoms with Crippen molar-refractivity contribution in [2.45, 2.75) is 39.0 Å². The normalized spacial score (nSPS) is 15.5. The predicted octanol–water partition coefficient (Wildman–Crippen LogP) is 5.03. The van der Waals surface area contributed by atoms with Gasteiger partial charge in [-0.05, 0) is 63.4 Å². The number of fused-ring (bicyclic) bond motifs is 1. The standard InChI is InChI=1S/C26H26FN3O4/c1-15-12-20(17(3)33-15)22-13-21(23-16(2)30-34-25(23)29-22)24(31)28-14-26(8-10-32-11-9-26)18-4-6-19(27)7-5-18/h4-7,12-13H,8-11,14H2,1-3H3,(H,28,31). The monoisotopic (exact) mass is 463 g/mol. The maximum Gasteiger partial charge on any atom is 0.259 e. The van der Waals surface area contributed by atoms with Gasteiger partial charge in [-0.15, -0.1) is 0 Å². The van der Waals surface area contributed by atoms with Gasteiger partial charge in [-0.25, -0.2) is 9.37 Å². The molecule has 1 aliphatic rings. The minimum atomic E-state index is -0.335. The highest BCUT2D eigenvalue weighted by Gasteiger charge is 2.35. The third kappa shape index (κ3) is 3.98. The van der Waals surface area contributed by atoms with Crippen molar-refractivity contribution in [3.05, 3.63) is 70.6 Å². The molecule has 1 amide bonds. The van der Waals surface area contributed by atoms with Crippen molar-refractivity contribution in [1.82, 2.24) is 15.5 Å². The number of aromatic nitrogens is 2. The number of nitrogens with zero attached hydrogens (tertiary/aromatic N) is 2. The Labute approximate surface area is 196 Å². The molecule has 0 unspecified atom stereocenters. The first-order valence-corrected chi connectivity index (χ1v) is 11.3. The second-order valence-corrected chi connectivity index (χ2v) is 8.91. The summed E-state index contributed by atoms with van der Waals surface area (Å²) in [6, 6.07) is 10.2. The summed E-state index contributed by atoms with van der Waals surface area (Å²) in [5, 5.41) is 7.73. The van der Waals surface area contributed by atoms with Crippen LogP contribution in [-0.2, 0) is 10.2 Å². The highest BCUT2D eigenvalue weighted by atomic mass is 19.1. The minimum absolute atomic E-state index is 0.245. The maximum atomic E-state index is 13.6. The molecule has 1 fully saturated rings. The largest absolute Gasteiger partial charge is 0.466 e. The molecule has 0 spiro atoms. The zero-order chi connectivity index (χ0) is 23.9. The number of aryl methyl sites for hydroxylation is 3. The number of nitrogens with one attached hydrogen (secondary N) is 1. The van der Waals surface area contributed by atoms with Crippen LogP contribution in [-0.4, -0.2) is 35.8 Å². The van der Waals surface area contributed by atoms with Crippen LogP contribution in [0.1, 0.15) is 46.0 Å². The van der Waals surface area contributed by atoms with E-state index in [4.69, 9.17) is 13.7 Å². The Balaban J connectivity index is 1.49. The molecule has 0 aliphatic carbocycles. The van der Waals surface area contributed by atoms with E-state index in [1.54, 1.807) is 25.1 Å². The number of halogens is 1. The lowest BCUT2D eigenvalue weighted by Crippen LogP contribution is -2.44. The fraction of sp³-hybridized carbons (Fsp3) is 0.346. The topological polar surface area (TPSA) is 90.4 Å². The van der Waals surface area contributed by atoms with Gasteiger partial charge in [0.25, 0.3) is 11.6 Å². The number of ether oxygens (including phenoxy) is 1. The van der Waals surface area contributed by atoms with Crippen LogP contribution in [0.5, 0.6) is 0 Å². The van der Waals surface area contributed by atoms with Crippen LogP contribution in [0.2, 0.25) is 0 Å². The lowest BCUT2D eigenvalue weighted by molar-refractivity contribution is 0.0487. The molecule has 0 atom stereocenters. The molecule has 4 aromatic rings. The summed E-state index contributed by atoms with van der Waals surface area (Å²) in [5.41, 5.74) is 3.38. The molecule has 3 aromatic heterocycles. The first-order valence-electron chi connectivity index (χ1n) is 11.3. The summed E-state index contributed by atoms with van der Waals surface area (Å²) >= 11 is 0. The average Bonchev–Trinajstić information content (AvgIpc) is 3.38. The number of benzene rings is 1. The van der Waals surface area contributed by atoms with E-state index in [1.165, 1.54) is 12.1 Å². The molecule has 1 aliphatic heterocycles. The first-order chi connectivity index (χ1) is 16.4. The lowest BCUT2D eigenvalue weighted by Gasteiger charge is -2.38. The van der Waals surface area contributed by atoms with E-state index in [9.17, 15) is 9.18 Å². The summed E-state index contributed by atoms with van der Waals surface area (Å²) in [6.45, 7) is 7.08. The average molecular weight is 464 g/mol. The first kappa shape index (κ1) is 22.3. The predicted molar refractivity (Wildman–Crippen MR) is 124 cm³/mol. The molecule has 8 heteroatoms. The smallest absolute Gasteiger partial charge is 0.259 e. The SMILES string of the molecule is Cc1cc(-c2cc(C(=O)NCC3(c4ccc(F)cc4)CCOCC3)c3c(C)noc3n2)c(C)o1. The van der Waals surface area contributed by atoms with Gasteiger partial charge in [-0.2, -0.15) is 0 Å². The molecular formula is C26H26FN3O4. The Morgan fingerprint density at radius 2 is 1.85 bits per heavy atom. The Kier molecular flexibility index (Phi) is 5.69. The van der Waals surface area contributed by atoms with Crippen molar-refractivity contribution in [2.24, 2.45) is 0 Å². The fourth-order valence-corrected chi connectivity index (χ4v) is 4.77. The summed E-state index contributed by atoms with van der Waals surface area (Å²) in [4.78, 5) is 18.1. The second-order valence-electron chi connectivity index (χ2n) is 8.91. The van der Waals surface area contributed by atoms with Crippen molar-refractivity contribution in [1.29, 1.82) is 0 Å². The summed E-state index contributed by atoms with van der Waals surface area (Å²) < 4.78 is 30.2. The molecule has 0 radical (unpaired) electrons. The van der Waals surface area contributed by atoms with Crippen LogP contribution in [0.25, 0.3) is 22.4 Å². The van der Waals surface area contributed by atoms with E-state index in [1.807, 2.05) is 19.9 Å². The number of pyridine rings is 1. The van der Waals surface area contributed by atoms with Gasteiger partial charge in [0.15, 0.2) is 0 Å². The van der Waals surface area contributed by atoms with Gasteiger partial charge in [-0.3, -0.25) is 4.79 Å². The summed E-state index contributed by atoms with van der Waals surface area (Å²) in [6.07, 6.45) is 1.46. The molecule has 1 N–H and O–H groups in total. The van der Waals surface area contributed by atoms with E-state index in [0.717, 1.165) is 29.7 Å². The molecule has 176 valence electrons. The molecule has 5 rings (SSSR count). The van der Waals surface area contributed by atoms with Crippen LogP contribution >= 0.6 is 0 Å². The molecule has 0 bridgehead atoms. The molecule has 4 heterocycles. The van der Waals surface area contributed by atoms with E-state index < -0.39 is 0 Å². The fourth-order valence-electron chi connectivity index (χ4n) is 4.77. The number of hydrogen-bond donors (Lipinski definition) is 1. The second kappa shape index (κ2) is 8.68. The highest BCUT2D eigenvalue weighted by Crippen LogP contribution is 2.35. The number of rotatable bonds is 5. The molecule has 1 saturated heterocycles. The third-order valence-electron chi connectivity index (χ3n) is 6.67. The number of carbonyl (C=O) groups is 1.